The van der Waals surface area contributed by atoms with E-state index >= 15 is 0 Å². The molecule has 1 fully saturated rings. The molecule has 2 aromatic rings. The van der Waals surface area contributed by atoms with Gasteiger partial charge in [-0.2, -0.15) is 0 Å². The predicted molar refractivity (Wildman–Crippen MR) is 99.0 cm³/mol. The van der Waals surface area contributed by atoms with Gasteiger partial charge in [-0.25, -0.2) is 4.79 Å². The highest BCUT2D eigenvalue weighted by molar-refractivity contribution is 5.95. The maximum atomic E-state index is 12.2. The Labute approximate surface area is 156 Å². The first kappa shape index (κ1) is 16.8. The van der Waals surface area contributed by atoms with Crippen molar-refractivity contribution in [1.82, 2.24) is 10.6 Å². The van der Waals surface area contributed by atoms with Gasteiger partial charge in [-0.3, -0.25) is 9.69 Å². The summed E-state index contributed by atoms with van der Waals surface area (Å²) in [6.07, 6.45) is 0. The lowest BCUT2D eigenvalue weighted by Crippen LogP contribution is -2.27. The molecule has 136 valence electrons. The lowest BCUT2D eigenvalue weighted by atomic mass is 10.2. The van der Waals surface area contributed by atoms with Crippen LogP contribution in [0.3, 0.4) is 0 Å². The van der Waals surface area contributed by atoms with Crippen molar-refractivity contribution in [2.75, 3.05) is 31.3 Å². The molecule has 2 aliphatic rings. The quantitative estimate of drug-likeness (QED) is 0.814. The molecule has 0 saturated carbocycles. The summed E-state index contributed by atoms with van der Waals surface area (Å²) < 4.78 is 10.5. The molecule has 0 aromatic heterocycles. The first-order chi connectivity index (χ1) is 13.2. The van der Waals surface area contributed by atoms with E-state index in [1.165, 1.54) is 0 Å². The van der Waals surface area contributed by atoms with Crippen molar-refractivity contribution in [3.05, 3.63) is 53.6 Å². The van der Waals surface area contributed by atoms with Crippen molar-refractivity contribution in [2.24, 2.45) is 0 Å². The number of rotatable bonds is 3. The third-order valence-corrected chi connectivity index (χ3v) is 4.24. The molecule has 0 atom stereocenters. The number of fused-ring (bicyclic) bond motifs is 1. The first-order valence-corrected chi connectivity index (χ1v) is 8.53. The molecule has 2 N–H and O–H groups in total. The van der Waals surface area contributed by atoms with E-state index in [1.54, 1.807) is 23.1 Å². The summed E-state index contributed by atoms with van der Waals surface area (Å²) in [5, 5.41) is 5.52. The second-order valence-corrected chi connectivity index (χ2v) is 5.98. The maximum absolute atomic E-state index is 12.2. The molecule has 0 bridgehead atoms. The van der Waals surface area contributed by atoms with E-state index in [9.17, 15) is 9.59 Å². The fourth-order valence-electron chi connectivity index (χ4n) is 2.85. The molecule has 7 nitrogen and oxygen atoms in total. The largest absolute Gasteiger partial charge is 0.454 e. The molecule has 27 heavy (non-hydrogen) atoms. The predicted octanol–water partition coefficient (Wildman–Crippen LogP) is 1.73. The number of carbonyl (C=O) groups is 2. The smallest absolute Gasteiger partial charge is 0.321 e. The molecule has 0 radical (unpaired) electrons. The van der Waals surface area contributed by atoms with Gasteiger partial charge in [-0.05, 0) is 42.5 Å². The number of hydrogen-bond donors (Lipinski definition) is 2. The third-order valence-electron chi connectivity index (χ3n) is 4.24. The van der Waals surface area contributed by atoms with Gasteiger partial charge in [0, 0.05) is 29.9 Å². The van der Waals surface area contributed by atoms with Gasteiger partial charge in [0.15, 0.2) is 11.5 Å². The Morgan fingerprint density at radius 2 is 1.96 bits per heavy atom. The minimum absolute atomic E-state index is 0.0833. The number of urea groups is 1. The van der Waals surface area contributed by atoms with Crippen LogP contribution in [-0.4, -0.2) is 38.4 Å². The van der Waals surface area contributed by atoms with Gasteiger partial charge in [0.25, 0.3) is 5.91 Å². The van der Waals surface area contributed by atoms with Crippen LogP contribution in [0.4, 0.5) is 10.5 Å². The molecule has 7 heteroatoms. The topological polar surface area (TPSA) is 79.9 Å². The van der Waals surface area contributed by atoms with Crippen LogP contribution in [0.15, 0.2) is 42.5 Å². The molecule has 4 rings (SSSR count). The highest BCUT2D eigenvalue weighted by atomic mass is 16.7. The normalized spacial score (nSPS) is 14.4. The minimum Gasteiger partial charge on any atom is -0.454 e. The Balaban J connectivity index is 1.32. The Morgan fingerprint density at radius 3 is 2.74 bits per heavy atom. The number of nitrogens with zero attached hydrogens (tertiary/aromatic N) is 1. The van der Waals surface area contributed by atoms with Gasteiger partial charge in [-0.1, -0.05) is 11.8 Å². The highest BCUT2D eigenvalue weighted by Crippen LogP contribution is 2.32. The molecule has 0 spiro atoms. The van der Waals surface area contributed by atoms with Crippen LogP contribution in [-0.2, 0) is 0 Å². The number of amides is 3. The zero-order valence-electron chi connectivity index (χ0n) is 14.5. The Bertz CT molecular complexity index is 944. The Kier molecular flexibility index (Phi) is 4.54. The van der Waals surface area contributed by atoms with E-state index in [4.69, 9.17) is 9.47 Å². The van der Waals surface area contributed by atoms with Gasteiger partial charge in [0.2, 0.25) is 6.79 Å². The molecule has 2 heterocycles. The van der Waals surface area contributed by atoms with Crippen LogP contribution in [0.2, 0.25) is 0 Å². The van der Waals surface area contributed by atoms with Crippen LogP contribution in [0.25, 0.3) is 0 Å². The van der Waals surface area contributed by atoms with Crippen LogP contribution in [0, 0.1) is 11.8 Å². The maximum Gasteiger partial charge on any atom is 0.321 e. The lowest BCUT2D eigenvalue weighted by Gasteiger charge is -2.13. The van der Waals surface area contributed by atoms with Crippen LogP contribution in [0.5, 0.6) is 11.5 Å². The molecule has 0 aliphatic carbocycles. The Morgan fingerprint density at radius 1 is 1.15 bits per heavy atom. The van der Waals surface area contributed by atoms with E-state index in [2.05, 4.69) is 22.5 Å². The molecule has 1 saturated heterocycles. The summed E-state index contributed by atoms with van der Waals surface area (Å²) >= 11 is 0. The van der Waals surface area contributed by atoms with E-state index < -0.39 is 0 Å². The number of benzene rings is 2. The lowest BCUT2D eigenvalue weighted by molar-refractivity contribution is 0.0958. The summed E-state index contributed by atoms with van der Waals surface area (Å²) in [6.45, 7) is 1.72. The van der Waals surface area contributed by atoms with E-state index in [0.29, 0.717) is 30.2 Å². The van der Waals surface area contributed by atoms with E-state index in [-0.39, 0.29) is 25.3 Å². The van der Waals surface area contributed by atoms with Gasteiger partial charge in [0.05, 0.1) is 6.54 Å². The van der Waals surface area contributed by atoms with Crippen LogP contribution < -0.4 is 25.0 Å². The zero-order valence-corrected chi connectivity index (χ0v) is 14.5. The summed E-state index contributed by atoms with van der Waals surface area (Å²) in [5.74, 6) is 6.90. The van der Waals surface area contributed by atoms with E-state index in [0.717, 1.165) is 11.3 Å². The molecular formula is C20H17N3O4. The number of hydrogen-bond acceptors (Lipinski definition) is 4. The minimum atomic E-state index is -0.224. The Hall–Kier alpha value is -3.66. The number of carbonyl (C=O) groups excluding carboxylic acids is 2. The molecule has 2 aromatic carbocycles. The monoisotopic (exact) mass is 363 g/mol. The van der Waals surface area contributed by atoms with Crippen molar-refractivity contribution >= 4 is 17.6 Å². The summed E-state index contributed by atoms with van der Waals surface area (Å²) in [7, 11) is 0. The molecule has 2 aliphatic heterocycles. The van der Waals surface area contributed by atoms with Gasteiger partial charge < -0.3 is 20.1 Å². The number of anilines is 1. The number of nitrogens with one attached hydrogen (secondary N) is 2. The highest BCUT2D eigenvalue weighted by Gasteiger charge is 2.20. The van der Waals surface area contributed by atoms with Crippen molar-refractivity contribution in [3.63, 3.8) is 0 Å². The molecule has 3 amide bonds. The van der Waals surface area contributed by atoms with Gasteiger partial charge >= 0.3 is 6.03 Å². The standard InChI is InChI=1S/C20H17N3O4/c24-19(15-5-8-17-18(12-15)27-13-26-17)21-9-1-2-14-3-6-16(7-4-14)23-11-10-22-20(23)25/h3-8,12H,9-11,13H2,(H,21,24)(H,22,25). The van der Waals surface area contributed by atoms with Gasteiger partial charge in [0.1, 0.15) is 0 Å². The van der Waals surface area contributed by atoms with Gasteiger partial charge in [-0.15, -0.1) is 0 Å². The number of ether oxygens (including phenoxy) is 2. The fraction of sp³-hybridized carbons (Fsp3) is 0.200. The SMILES string of the molecule is O=C(NCC#Cc1ccc(N2CCNC2=O)cc1)c1ccc2c(c1)OCO2. The van der Waals surface area contributed by atoms with Crippen molar-refractivity contribution in [1.29, 1.82) is 0 Å². The average molecular weight is 363 g/mol. The third kappa shape index (κ3) is 3.65. The zero-order chi connectivity index (χ0) is 18.6. The summed E-state index contributed by atoms with van der Waals surface area (Å²) in [6, 6.07) is 12.4. The van der Waals surface area contributed by atoms with Crippen molar-refractivity contribution in [2.45, 2.75) is 0 Å². The van der Waals surface area contributed by atoms with Crippen LogP contribution >= 0.6 is 0 Å². The van der Waals surface area contributed by atoms with E-state index in [1.807, 2.05) is 24.3 Å². The second-order valence-electron chi connectivity index (χ2n) is 5.98. The first-order valence-electron chi connectivity index (χ1n) is 8.53. The molecule has 0 unspecified atom stereocenters. The summed E-state index contributed by atoms with van der Waals surface area (Å²) in [5.41, 5.74) is 2.15. The summed E-state index contributed by atoms with van der Waals surface area (Å²) in [4.78, 5) is 25.5. The fourth-order valence-corrected chi connectivity index (χ4v) is 2.85. The van der Waals surface area contributed by atoms with Crippen molar-refractivity contribution < 1.29 is 19.1 Å². The van der Waals surface area contributed by atoms with Crippen molar-refractivity contribution in [3.8, 4) is 23.3 Å². The average Bonchev–Trinajstić information content (AvgIpc) is 3.33. The van der Waals surface area contributed by atoms with Crippen LogP contribution in [0.1, 0.15) is 15.9 Å². The second kappa shape index (κ2) is 7.30. The molecular weight excluding hydrogens is 346 g/mol.